The molecule has 0 amide bonds. The van der Waals surface area contributed by atoms with Gasteiger partial charge < -0.3 is 9.47 Å². The van der Waals surface area contributed by atoms with Crippen molar-refractivity contribution < 1.29 is 19.2 Å². The van der Waals surface area contributed by atoms with E-state index >= 15 is 0 Å². The highest BCUT2D eigenvalue weighted by molar-refractivity contribution is 5.88. The molecule has 6 nitrogen and oxygen atoms in total. The third kappa shape index (κ3) is 15.8. The van der Waals surface area contributed by atoms with E-state index in [0.717, 1.165) is 24.3 Å². The molecule has 0 bridgehead atoms. The van der Waals surface area contributed by atoms with E-state index in [2.05, 4.69) is 6.92 Å². The van der Waals surface area contributed by atoms with E-state index < -0.39 is 10.9 Å². The van der Waals surface area contributed by atoms with Crippen LogP contribution in [0.25, 0.3) is 6.08 Å². The van der Waals surface area contributed by atoms with E-state index in [1.54, 1.807) is 6.08 Å². The van der Waals surface area contributed by atoms with Gasteiger partial charge >= 0.3 is 5.97 Å². The van der Waals surface area contributed by atoms with E-state index in [1.165, 1.54) is 127 Å². The third-order valence-electron chi connectivity index (χ3n) is 6.82. The first-order valence-corrected chi connectivity index (χ1v) is 15.0. The zero-order valence-corrected chi connectivity index (χ0v) is 23.8. The third-order valence-corrected chi connectivity index (χ3v) is 6.82. The van der Waals surface area contributed by atoms with Crippen molar-refractivity contribution in [2.45, 2.75) is 110 Å². The second-order valence-corrected chi connectivity index (χ2v) is 10.2. The number of nitro groups is 1. The summed E-state index contributed by atoms with van der Waals surface area (Å²) in [6.07, 6.45) is 24.7. The maximum absolute atomic E-state index is 12.0. The first-order valence-electron chi connectivity index (χ1n) is 15.0. The molecule has 0 aliphatic rings. The molecule has 0 aliphatic carbocycles. The molecule has 0 aromatic heterocycles. The number of nitro benzene ring substituents is 1. The number of benzene rings is 2. The predicted octanol–water partition coefficient (Wildman–Crippen LogP) is 9.85. The van der Waals surface area contributed by atoms with Gasteiger partial charge in [0.2, 0.25) is 0 Å². The summed E-state index contributed by atoms with van der Waals surface area (Å²) in [4.78, 5) is 22.2. The SMILES string of the molecule is CCCCCCCCCCCCCCCCCCOc1ccc(C=CC(=O)Oc2ccc([N+](=O)[O-])cc2)cc1. The van der Waals surface area contributed by atoms with E-state index in [1.807, 2.05) is 24.3 Å². The van der Waals surface area contributed by atoms with Crippen molar-refractivity contribution in [1.29, 1.82) is 0 Å². The van der Waals surface area contributed by atoms with Gasteiger partial charge in [0.25, 0.3) is 5.69 Å². The smallest absolute Gasteiger partial charge is 0.336 e. The number of hydrogen-bond acceptors (Lipinski definition) is 5. The van der Waals surface area contributed by atoms with E-state index in [4.69, 9.17) is 9.47 Å². The number of carbonyl (C=O) groups excluding carboxylic acids is 1. The van der Waals surface area contributed by atoms with Gasteiger partial charge in [0.15, 0.2) is 0 Å². The maximum Gasteiger partial charge on any atom is 0.336 e. The summed E-state index contributed by atoms with van der Waals surface area (Å²) >= 11 is 0. The molecule has 0 saturated heterocycles. The normalized spacial score (nSPS) is 11.1. The Balaban J connectivity index is 1.45. The van der Waals surface area contributed by atoms with Gasteiger partial charge in [0, 0.05) is 18.2 Å². The summed E-state index contributed by atoms with van der Waals surface area (Å²) in [6, 6.07) is 13.0. The number of unbranched alkanes of at least 4 members (excludes halogenated alkanes) is 15. The summed E-state index contributed by atoms with van der Waals surface area (Å²) in [7, 11) is 0. The second kappa shape index (κ2) is 20.8. The van der Waals surface area contributed by atoms with Crippen LogP contribution in [-0.4, -0.2) is 17.5 Å². The van der Waals surface area contributed by atoms with Crippen LogP contribution in [-0.2, 0) is 4.79 Å². The summed E-state index contributed by atoms with van der Waals surface area (Å²) in [6.45, 7) is 2.99. The molecule has 2 rings (SSSR count). The Morgan fingerprint density at radius 1 is 0.692 bits per heavy atom. The molecule has 6 heteroatoms. The highest BCUT2D eigenvalue weighted by atomic mass is 16.6. The van der Waals surface area contributed by atoms with Gasteiger partial charge in [-0.25, -0.2) is 4.79 Å². The first kappa shape index (κ1) is 32.1. The largest absolute Gasteiger partial charge is 0.494 e. The number of nitrogens with zero attached hydrogens (tertiary/aromatic N) is 1. The van der Waals surface area contributed by atoms with Crippen LogP contribution in [0.4, 0.5) is 5.69 Å². The molecule has 0 saturated carbocycles. The van der Waals surface area contributed by atoms with Crippen LogP contribution in [0.5, 0.6) is 11.5 Å². The Bertz CT molecular complexity index is 953. The molecule has 0 heterocycles. The fourth-order valence-corrected chi connectivity index (χ4v) is 4.47. The fourth-order valence-electron chi connectivity index (χ4n) is 4.47. The minimum Gasteiger partial charge on any atom is -0.494 e. The molecule has 0 spiro atoms. The van der Waals surface area contributed by atoms with Gasteiger partial charge in [-0.2, -0.15) is 0 Å². The van der Waals surface area contributed by atoms with Gasteiger partial charge in [0.1, 0.15) is 11.5 Å². The molecule has 0 aliphatic heterocycles. The van der Waals surface area contributed by atoms with Crippen molar-refractivity contribution in [3.8, 4) is 11.5 Å². The molecule has 0 radical (unpaired) electrons. The number of carbonyl (C=O) groups is 1. The van der Waals surface area contributed by atoms with Crippen LogP contribution in [0.15, 0.2) is 54.6 Å². The van der Waals surface area contributed by atoms with Gasteiger partial charge in [-0.1, -0.05) is 115 Å². The molecular weight excluding hydrogens is 490 g/mol. The Morgan fingerprint density at radius 2 is 1.15 bits per heavy atom. The minimum absolute atomic E-state index is 0.0533. The zero-order chi connectivity index (χ0) is 28.0. The second-order valence-electron chi connectivity index (χ2n) is 10.2. The van der Waals surface area contributed by atoms with Crippen LogP contribution >= 0.6 is 0 Å². The Kier molecular flexibility index (Phi) is 17.1. The summed E-state index contributed by atoms with van der Waals surface area (Å²) < 4.78 is 11.0. The molecule has 0 fully saturated rings. The lowest BCUT2D eigenvalue weighted by molar-refractivity contribution is -0.384. The highest BCUT2D eigenvalue weighted by Crippen LogP contribution is 2.19. The number of esters is 1. The van der Waals surface area contributed by atoms with Crippen molar-refractivity contribution in [3.05, 3.63) is 70.3 Å². The monoisotopic (exact) mass is 537 g/mol. The van der Waals surface area contributed by atoms with E-state index in [9.17, 15) is 14.9 Å². The molecular formula is C33H47NO5. The van der Waals surface area contributed by atoms with Crippen molar-refractivity contribution in [2.24, 2.45) is 0 Å². The molecule has 0 unspecified atom stereocenters. The van der Waals surface area contributed by atoms with Gasteiger partial charge in [-0.05, 0) is 42.3 Å². The fraction of sp³-hybridized carbons (Fsp3) is 0.545. The maximum atomic E-state index is 12.0. The summed E-state index contributed by atoms with van der Waals surface area (Å²) in [5.41, 5.74) is 0.799. The number of non-ortho nitro benzene ring substituents is 1. The highest BCUT2D eigenvalue weighted by Gasteiger charge is 2.06. The lowest BCUT2D eigenvalue weighted by atomic mass is 10.0. The number of hydrogen-bond donors (Lipinski definition) is 0. The van der Waals surface area contributed by atoms with Crippen LogP contribution < -0.4 is 9.47 Å². The van der Waals surface area contributed by atoms with Crippen LogP contribution in [0.3, 0.4) is 0 Å². The standard InChI is InChI=1S/C33H47NO5/c1-2-3-4-5-6-7-8-9-10-11-12-13-14-15-16-17-28-38-31-23-18-29(19-24-31)20-27-33(35)39-32-25-21-30(22-26-32)34(36)37/h18-27H,2-17,28H2,1H3. The Hall–Kier alpha value is -3.15. The van der Waals surface area contributed by atoms with Crippen LogP contribution in [0, 0.1) is 10.1 Å². The minimum atomic E-state index is -0.548. The number of ether oxygens (including phenoxy) is 2. The van der Waals surface area contributed by atoms with Gasteiger partial charge in [-0.3, -0.25) is 10.1 Å². The van der Waals surface area contributed by atoms with Gasteiger partial charge in [0.05, 0.1) is 11.5 Å². The molecule has 0 N–H and O–H groups in total. The summed E-state index contributed by atoms with van der Waals surface area (Å²) in [5, 5.41) is 10.7. The molecule has 0 atom stereocenters. The zero-order valence-electron chi connectivity index (χ0n) is 23.8. The molecule has 39 heavy (non-hydrogen) atoms. The predicted molar refractivity (Wildman–Crippen MR) is 159 cm³/mol. The lowest BCUT2D eigenvalue weighted by Gasteiger charge is -2.07. The quantitative estimate of drug-likeness (QED) is 0.0373. The molecule has 2 aromatic carbocycles. The van der Waals surface area contributed by atoms with E-state index in [0.29, 0.717) is 0 Å². The molecule has 2 aromatic rings. The Labute approximate surface area is 235 Å². The average molecular weight is 538 g/mol. The van der Waals surface area contributed by atoms with Crippen molar-refractivity contribution in [3.63, 3.8) is 0 Å². The Morgan fingerprint density at radius 3 is 1.64 bits per heavy atom. The average Bonchev–Trinajstić information content (AvgIpc) is 2.94. The van der Waals surface area contributed by atoms with E-state index in [-0.39, 0.29) is 11.4 Å². The van der Waals surface area contributed by atoms with Crippen molar-refractivity contribution in [1.82, 2.24) is 0 Å². The van der Waals surface area contributed by atoms with Crippen LogP contribution in [0.2, 0.25) is 0 Å². The number of rotatable bonds is 22. The van der Waals surface area contributed by atoms with Crippen LogP contribution in [0.1, 0.15) is 115 Å². The lowest BCUT2D eigenvalue weighted by Crippen LogP contribution is -2.03. The van der Waals surface area contributed by atoms with Crippen molar-refractivity contribution >= 4 is 17.7 Å². The van der Waals surface area contributed by atoms with Gasteiger partial charge in [-0.15, -0.1) is 0 Å². The summed E-state index contributed by atoms with van der Waals surface area (Å²) in [5.74, 6) is 0.530. The van der Waals surface area contributed by atoms with Crippen molar-refractivity contribution in [2.75, 3.05) is 6.61 Å². The topological polar surface area (TPSA) is 78.7 Å². The molecule has 214 valence electrons. The first-order chi connectivity index (χ1) is 19.1.